The number of hydrogen-bond donors (Lipinski definition) is 2. The molecule has 0 radical (unpaired) electrons. The molecule has 1 saturated carbocycles. The normalized spacial score (nSPS) is 22.7. The van der Waals surface area contributed by atoms with Gasteiger partial charge in [0.25, 0.3) is 5.69 Å². The van der Waals surface area contributed by atoms with Gasteiger partial charge in [-0.15, -0.1) is 0 Å². The molecule has 20 heavy (non-hydrogen) atoms. The first-order valence-electron chi connectivity index (χ1n) is 6.67. The molecular formula is C14H18N2O4. The van der Waals surface area contributed by atoms with Crippen molar-refractivity contribution in [2.24, 2.45) is 5.92 Å². The number of aliphatic hydroxyl groups is 1. The van der Waals surface area contributed by atoms with Crippen molar-refractivity contribution in [3.63, 3.8) is 0 Å². The first-order chi connectivity index (χ1) is 9.47. The molecular weight excluding hydrogens is 260 g/mol. The van der Waals surface area contributed by atoms with Crippen molar-refractivity contribution in [2.45, 2.75) is 31.8 Å². The standard InChI is InChI=1S/C14H18N2O4/c1-9(11-3-2-4-12(7-11)16(19)20)14(18)15-8-10-5-13(17)6-10/h2-4,7,9-10,13,17H,5-6,8H2,1H3,(H,15,18). The number of nitrogens with one attached hydrogen (secondary N) is 1. The molecule has 2 rings (SSSR count). The fourth-order valence-corrected chi connectivity index (χ4v) is 2.32. The molecule has 0 aliphatic heterocycles. The molecule has 1 unspecified atom stereocenters. The summed E-state index contributed by atoms with van der Waals surface area (Å²) in [4.78, 5) is 22.3. The quantitative estimate of drug-likeness (QED) is 0.632. The Bertz CT molecular complexity index is 512. The van der Waals surface area contributed by atoms with Gasteiger partial charge < -0.3 is 10.4 Å². The van der Waals surface area contributed by atoms with Crippen LogP contribution in [-0.2, 0) is 4.79 Å². The molecule has 6 heteroatoms. The van der Waals surface area contributed by atoms with Gasteiger partial charge in [-0.05, 0) is 31.2 Å². The van der Waals surface area contributed by atoms with Gasteiger partial charge in [0.15, 0.2) is 0 Å². The third kappa shape index (κ3) is 3.33. The lowest BCUT2D eigenvalue weighted by atomic mass is 9.82. The number of nitrogens with zero attached hydrogens (tertiary/aromatic N) is 1. The van der Waals surface area contributed by atoms with Gasteiger partial charge in [0.1, 0.15) is 0 Å². The fraction of sp³-hybridized carbons (Fsp3) is 0.500. The minimum Gasteiger partial charge on any atom is -0.393 e. The predicted molar refractivity (Wildman–Crippen MR) is 73.3 cm³/mol. The largest absolute Gasteiger partial charge is 0.393 e. The second-order valence-electron chi connectivity index (χ2n) is 5.31. The Morgan fingerprint density at radius 1 is 1.55 bits per heavy atom. The van der Waals surface area contributed by atoms with Crippen LogP contribution in [0.5, 0.6) is 0 Å². The number of rotatable bonds is 5. The van der Waals surface area contributed by atoms with Gasteiger partial charge in [-0.25, -0.2) is 0 Å². The maximum Gasteiger partial charge on any atom is 0.269 e. The molecule has 1 aliphatic rings. The van der Waals surface area contributed by atoms with Gasteiger partial charge in [0.05, 0.1) is 16.9 Å². The second kappa shape index (κ2) is 6.00. The van der Waals surface area contributed by atoms with E-state index in [0.717, 1.165) is 12.8 Å². The summed E-state index contributed by atoms with van der Waals surface area (Å²) < 4.78 is 0. The molecule has 0 bridgehead atoms. The summed E-state index contributed by atoms with van der Waals surface area (Å²) in [6, 6.07) is 6.13. The molecule has 1 amide bonds. The SMILES string of the molecule is CC(C(=O)NCC1CC(O)C1)c1cccc([N+](=O)[O-])c1. The zero-order valence-corrected chi connectivity index (χ0v) is 11.3. The third-order valence-electron chi connectivity index (χ3n) is 3.75. The summed E-state index contributed by atoms with van der Waals surface area (Å²) in [5, 5.41) is 22.7. The number of carbonyl (C=O) groups excluding carboxylic acids is 1. The Kier molecular flexibility index (Phi) is 4.34. The molecule has 1 atom stereocenters. The van der Waals surface area contributed by atoms with Crippen LogP contribution in [0.1, 0.15) is 31.2 Å². The van der Waals surface area contributed by atoms with Crippen molar-refractivity contribution in [3.8, 4) is 0 Å². The van der Waals surface area contributed by atoms with Crippen molar-refractivity contribution < 1.29 is 14.8 Å². The first kappa shape index (κ1) is 14.5. The van der Waals surface area contributed by atoms with Crippen molar-refractivity contribution in [3.05, 3.63) is 39.9 Å². The zero-order chi connectivity index (χ0) is 14.7. The van der Waals surface area contributed by atoms with Crippen molar-refractivity contribution in [1.82, 2.24) is 5.32 Å². The molecule has 2 N–H and O–H groups in total. The number of nitro groups is 1. The third-order valence-corrected chi connectivity index (χ3v) is 3.75. The highest BCUT2D eigenvalue weighted by Gasteiger charge is 2.28. The van der Waals surface area contributed by atoms with Crippen molar-refractivity contribution in [2.75, 3.05) is 6.54 Å². The van der Waals surface area contributed by atoms with Gasteiger partial charge in [0, 0.05) is 18.7 Å². The summed E-state index contributed by atoms with van der Waals surface area (Å²) in [6.07, 6.45) is 1.22. The predicted octanol–water partition coefficient (Wildman–Crippen LogP) is 1.59. The Balaban J connectivity index is 1.92. The maximum absolute atomic E-state index is 12.0. The number of amides is 1. The van der Waals surface area contributed by atoms with E-state index < -0.39 is 10.8 Å². The van der Waals surface area contributed by atoms with E-state index in [1.807, 2.05) is 0 Å². The van der Waals surface area contributed by atoms with Crippen LogP contribution in [0.2, 0.25) is 0 Å². The van der Waals surface area contributed by atoms with Gasteiger partial charge in [-0.3, -0.25) is 14.9 Å². The van der Waals surface area contributed by atoms with Crippen molar-refractivity contribution in [1.29, 1.82) is 0 Å². The van der Waals surface area contributed by atoms with Crippen LogP contribution in [0.25, 0.3) is 0 Å². The highest BCUT2D eigenvalue weighted by atomic mass is 16.6. The Hall–Kier alpha value is -1.95. The van der Waals surface area contributed by atoms with Crippen LogP contribution in [0.4, 0.5) is 5.69 Å². The summed E-state index contributed by atoms with van der Waals surface area (Å²) in [5.41, 5.74) is 0.620. The van der Waals surface area contributed by atoms with Crippen molar-refractivity contribution >= 4 is 11.6 Å². The smallest absolute Gasteiger partial charge is 0.269 e. The second-order valence-corrected chi connectivity index (χ2v) is 5.31. The summed E-state index contributed by atoms with van der Waals surface area (Å²) in [5.74, 6) is -0.238. The Morgan fingerprint density at radius 3 is 2.85 bits per heavy atom. The summed E-state index contributed by atoms with van der Waals surface area (Å²) in [7, 11) is 0. The van der Waals surface area contributed by atoms with Crippen LogP contribution in [0.15, 0.2) is 24.3 Å². The van der Waals surface area contributed by atoms with E-state index in [0.29, 0.717) is 18.0 Å². The van der Waals surface area contributed by atoms with Gasteiger partial charge in [-0.1, -0.05) is 12.1 Å². The van der Waals surface area contributed by atoms with Crippen LogP contribution >= 0.6 is 0 Å². The molecule has 1 aromatic rings. The lowest BCUT2D eigenvalue weighted by molar-refractivity contribution is -0.384. The molecule has 0 aromatic heterocycles. The van der Waals surface area contributed by atoms with E-state index in [1.54, 1.807) is 19.1 Å². The van der Waals surface area contributed by atoms with E-state index in [1.165, 1.54) is 12.1 Å². The number of hydrogen-bond acceptors (Lipinski definition) is 4. The number of nitro benzene ring substituents is 1. The van der Waals surface area contributed by atoms with Gasteiger partial charge in [-0.2, -0.15) is 0 Å². The van der Waals surface area contributed by atoms with E-state index in [2.05, 4.69) is 5.32 Å². The molecule has 1 aliphatic carbocycles. The lowest BCUT2D eigenvalue weighted by Gasteiger charge is -2.31. The summed E-state index contributed by atoms with van der Waals surface area (Å²) >= 11 is 0. The van der Waals surface area contributed by atoms with E-state index in [-0.39, 0.29) is 17.7 Å². The monoisotopic (exact) mass is 278 g/mol. The first-order valence-corrected chi connectivity index (χ1v) is 6.67. The molecule has 6 nitrogen and oxygen atoms in total. The van der Waals surface area contributed by atoms with E-state index >= 15 is 0 Å². The van der Waals surface area contributed by atoms with Crippen LogP contribution in [-0.4, -0.2) is 28.6 Å². The molecule has 0 saturated heterocycles. The lowest BCUT2D eigenvalue weighted by Crippen LogP contribution is -2.39. The van der Waals surface area contributed by atoms with Gasteiger partial charge in [0.2, 0.25) is 5.91 Å². The Labute approximate surface area is 117 Å². The average Bonchev–Trinajstić information content (AvgIpc) is 2.41. The highest BCUT2D eigenvalue weighted by Crippen LogP contribution is 2.26. The average molecular weight is 278 g/mol. The van der Waals surface area contributed by atoms with Gasteiger partial charge >= 0.3 is 0 Å². The highest BCUT2D eigenvalue weighted by molar-refractivity contribution is 5.83. The molecule has 1 fully saturated rings. The van der Waals surface area contributed by atoms with Crippen LogP contribution in [0.3, 0.4) is 0 Å². The topological polar surface area (TPSA) is 92.5 Å². The molecule has 0 spiro atoms. The number of carbonyl (C=O) groups is 1. The fourth-order valence-electron chi connectivity index (χ4n) is 2.32. The molecule has 1 aromatic carbocycles. The van der Waals surface area contributed by atoms with Crippen LogP contribution in [0, 0.1) is 16.0 Å². The molecule has 0 heterocycles. The number of benzene rings is 1. The molecule has 108 valence electrons. The zero-order valence-electron chi connectivity index (χ0n) is 11.3. The van der Waals surface area contributed by atoms with Crippen LogP contribution < -0.4 is 5.32 Å². The van der Waals surface area contributed by atoms with E-state index in [4.69, 9.17) is 0 Å². The maximum atomic E-state index is 12.0. The minimum atomic E-state index is -0.468. The summed E-state index contributed by atoms with van der Waals surface area (Å²) in [6.45, 7) is 2.28. The minimum absolute atomic E-state index is 0.00994. The van der Waals surface area contributed by atoms with E-state index in [9.17, 15) is 20.0 Å². The Morgan fingerprint density at radius 2 is 2.25 bits per heavy atom. The number of aliphatic hydroxyl groups excluding tert-OH is 1. The number of non-ortho nitro benzene ring substituents is 1.